The van der Waals surface area contributed by atoms with E-state index in [-0.39, 0.29) is 0 Å². The van der Waals surface area contributed by atoms with Crippen molar-refractivity contribution < 1.29 is 5.11 Å². The molecule has 0 spiro atoms. The fraction of sp³-hybridized carbons (Fsp3) is 0.800. The second-order valence-electron chi connectivity index (χ2n) is 3.34. The average molecular weight is 154 g/mol. The van der Waals surface area contributed by atoms with Crippen LogP contribution in [0.3, 0.4) is 0 Å². The summed E-state index contributed by atoms with van der Waals surface area (Å²) >= 11 is 0. The maximum atomic E-state index is 8.54. The largest absolute Gasteiger partial charge is 0.396 e. The van der Waals surface area contributed by atoms with Crippen molar-refractivity contribution in [3.05, 3.63) is 12.2 Å². The molecule has 1 heteroatoms. The Morgan fingerprint density at radius 1 is 1.18 bits per heavy atom. The molecular formula is C10H18O. The maximum absolute atomic E-state index is 8.54. The molecule has 0 aromatic carbocycles. The van der Waals surface area contributed by atoms with E-state index in [0.717, 1.165) is 12.3 Å². The monoisotopic (exact) mass is 154 g/mol. The van der Waals surface area contributed by atoms with Gasteiger partial charge in [-0.25, -0.2) is 0 Å². The minimum atomic E-state index is 0.295. The van der Waals surface area contributed by atoms with Crippen LogP contribution in [-0.2, 0) is 0 Å². The lowest BCUT2D eigenvalue weighted by Crippen LogP contribution is -2.02. The minimum absolute atomic E-state index is 0.295. The number of hydrogen-bond acceptors (Lipinski definition) is 1. The van der Waals surface area contributed by atoms with Crippen molar-refractivity contribution in [2.24, 2.45) is 5.92 Å². The molecular weight excluding hydrogens is 136 g/mol. The molecule has 1 aliphatic rings. The molecule has 11 heavy (non-hydrogen) atoms. The van der Waals surface area contributed by atoms with Gasteiger partial charge in [0.05, 0.1) is 0 Å². The Hall–Kier alpha value is -0.300. The molecule has 0 bridgehead atoms. The third-order valence-corrected chi connectivity index (χ3v) is 2.35. The normalized spacial score (nSPS) is 21.2. The highest BCUT2D eigenvalue weighted by Gasteiger charge is 2.08. The Morgan fingerprint density at radius 3 is 2.55 bits per heavy atom. The fourth-order valence-corrected chi connectivity index (χ4v) is 1.69. The third kappa shape index (κ3) is 3.57. The van der Waals surface area contributed by atoms with Crippen LogP contribution >= 0.6 is 0 Å². The molecule has 0 atom stereocenters. The Morgan fingerprint density at radius 2 is 1.91 bits per heavy atom. The highest BCUT2D eigenvalue weighted by molar-refractivity contribution is 4.89. The highest BCUT2D eigenvalue weighted by Crippen LogP contribution is 2.24. The number of aliphatic hydroxyl groups is 1. The van der Waals surface area contributed by atoms with E-state index in [0.29, 0.717) is 6.61 Å². The summed E-state index contributed by atoms with van der Waals surface area (Å²) in [5.41, 5.74) is 0. The Balaban J connectivity index is 2.13. The van der Waals surface area contributed by atoms with Gasteiger partial charge in [0, 0.05) is 6.61 Å². The lowest BCUT2D eigenvalue weighted by Gasteiger charge is -2.17. The third-order valence-electron chi connectivity index (χ3n) is 2.35. The van der Waals surface area contributed by atoms with Crippen LogP contribution in [0.1, 0.15) is 38.5 Å². The van der Waals surface area contributed by atoms with E-state index in [9.17, 15) is 0 Å². The van der Waals surface area contributed by atoms with Crippen LogP contribution in [0.15, 0.2) is 12.2 Å². The smallest absolute Gasteiger partial charge is 0.0465 e. The summed E-state index contributed by atoms with van der Waals surface area (Å²) < 4.78 is 0. The fourth-order valence-electron chi connectivity index (χ4n) is 1.69. The van der Waals surface area contributed by atoms with Crippen molar-refractivity contribution in [1.82, 2.24) is 0 Å². The van der Waals surface area contributed by atoms with Crippen LogP contribution in [-0.4, -0.2) is 11.7 Å². The first-order valence-corrected chi connectivity index (χ1v) is 4.71. The zero-order chi connectivity index (χ0) is 7.94. The van der Waals surface area contributed by atoms with Crippen molar-refractivity contribution in [1.29, 1.82) is 0 Å². The predicted molar refractivity (Wildman–Crippen MR) is 47.4 cm³/mol. The van der Waals surface area contributed by atoms with E-state index < -0.39 is 0 Å². The van der Waals surface area contributed by atoms with Crippen LogP contribution in [0.25, 0.3) is 0 Å². The van der Waals surface area contributed by atoms with E-state index in [1.54, 1.807) is 0 Å². The summed E-state index contributed by atoms with van der Waals surface area (Å²) in [5, 5.41) is 8.54. The van der Waals surface area contributed by atoms with Crippen LogP contribution < -0.4 is 0 Å². The average Bonchev–Trinajstić information content (AvgIpc) is 2.07. The highest BCUT2D eigenvalue weighted by atomic mass is 16.2. The molecule has 0 amide bonds. The Labute approximate surface area is 69.1 Å². The molecule has 0 unspecified atom stereocenters. The SMILES string of the molecule is OCCC=CC1CCCCC1. The van der Waals surface area contributed by atoms with Crippen LogP contribution in [0.4, 0.5) is 0 Å². The molecule has 0 aliphatic heterocycles. The lowest BCUT2D eigenvalue weighted by molar-refractivity contribution is 0.302. The van der Waals surface area contributed by atoms with Gasteiger partial charge in [0.1, 0.15) is 0 Å². The van der Waals surface area contributed by atoms with Gasteiger partial charge in [-0.2, -0.15) is 0 Å². The molecule has 1 rings (SSSR count). The van der Waals surface area contributed by atoms with Crippen molar-refractivity contribution in [2.75, 3.05) is 6.61 Å². The lowest BCUT2D eigenvalue weighted by atomic mass is 9.89. The zero-order valence-electron chi connectivity index (χ0n) is 7.13. The molecule has 1 saturated carbocycles. The van der Waals surface area contributed by atoms with Gasteiger partial charge in [-0.05, 0) is 25.2 Å². The summed E-state index contributed by atoms with van der Waals surface area (Å²) in [6.07, 6.45) is 12.2. The van der Waals surface area contributed by atoms with Gasteiger partial charge in [-0.15, -0.1) is 0 Å². The summed E-state index contributed by atoms with van der Waals surface area (Å²) in [5.74, 6) is 0.815. The van der Waals surface area contributed by atoms with Crippen molar-refractivity contribution in [2.45, 2.75) is 38.5 Å². The molecule has 1 nitrogen and oxygen atoms in total. The second kappa shape index (κ2) is 5.36. The molecule has 1 aliphatic carbocycles. The standard InChI is InChI=1S/C10H18O/c11-9-5-4-8-10-6-2-1-3-7-10/h4,8,10-11H,1-3,5-7,9H2. The van der Waals surface area contributed by atoms with Gasteiger partial charge in [0.25, 0.3) is 0 Å². The van der Waals surface area contributed by atoms with Crippen LogP contribution in [0.2, 0.25) is 0 Å². The van der Waals surface area contributed by atoms with Gasteiger partial charge < -0.3 is 5.11 Å². The summed E-state index contributed by atoms with van der Waals surface area (Å²) in [6.45, 7) is 0.295. The molecule has 64 valence electrons. The van der Waals surface area contributed by atoms with Crippen LogP contribution in [0, 0.1) is 5.92 Å². The zero-order valence-corrected chi connectivity index (χ0v) is 7.13. The summed E-state index contributed by atoms with van der Waals surface area (Å²) in [4.78, 5) is 0. The number of hydrogen-bond donors (Lipinski definition) is 1. The van der Waals surface area contributed by atoms with Gasteiger partial charge >= 0.3 is 0 Å². The topological polar surface area (TPSA) is 20.2 Å². The second-order valence-corrected chi connectivity index (χ2v) is 3.34. The van der Waals surface area contributed by atoms with Gasteiger partial charge in [-0.1, -0.05) is 31.4 Å². The molecule has 1 N–H and O–H groups in total. The molecule has 0 radical (unpaired) electrons. The van der Waals surface area contributed by atoms with Crippen LogP contribution in [0.5, 0.6) is 0 Å². The minimum Gasteiger partial charge on any atom is -0.396 e. The van der Waals surface area contributed by atoms with E-state index in [2.05, 4.69) is 12.2 Å². The predicted octanol–water partition coefficient (Wildman–Crippen LogP) is 2.51. The number of allylic oxidation sites excluding steroid dienone is 1. The van der Waals surface area contributed by atoms with Crippen molar-refractivity contribution >= 4 is 0 Å². The first-order chi connectivity index (χ1) is 5.43. The van der Waals surface area contributed by atoms with Gasteiger partial charge in [0.2, 0.25) is 0 Å². The molecule has 0 heterocycles. The first-order valence-electron chi connectivity index (χ1n) is 4.71. The Bertz CT molecular complexity index is 112. The summed E-state index contributed by atoms with van der Waals surface area (Å²) in [7, 11) is 0. The quantitative estimate of drug-likeness (QED) is 0.619. The molecule has 0 saturated heterocycles. The van der Waals surface area contributed by atoms with Gasteiger partial charge in [0.15, 0.2) is 0 Å². The molecule has 0 aromatic rings. The maximum Gasteiger partial charge on any atom is 0.0465 e. The molecule has 0 aromatic heterocycles. The summed E-state index contributed by atoms with van der Waals surface area (Å²) in [6, 6.07) is 0. The van der Waals surface area contributed by atoms with E-state index in [4.69, 9.17) is 5.11 Å². The van der Waals surface area contributed by atoms with Gasteiger partial charge in [-0.3, -0.25) is 0 Å². The van der Waals surface area contributed by atoms with E-state index in [1.807, 2.05) is 0 Å². The van der Waals surface area contributed by atoms with E-state index in [1.165, 1.54) is 32.1 Å². The first kappa shape index (κ1) is 8.79. The number of aliphatic hydroxyl groups excluding tert-OH is 1. The van der Waals surface area contributed by atoms with E-state index >= 15 is 0 Å². The van der Waals surface area contributed by atoms with Crippen molar-refractivity contribution in [3.63, 3.8) is 0 Å². The molecule has 1 fully saturated rings. The van der Waals surface area contributed by atoms with Crippen molar-refractivity contribution in [3.8, 4) is 0 Å². The Kier molecular flexibility index (Phi) is 4.29. The number of rotatable bonds is 3.